The van der Waals surface area contributed by atoms with Crippen LogP contribution in [0, 0.1) is 0 Å². The molecule has 1 N–H and O–H groups in total. The van der Waals surface area contributed by atoms with Crippen LogP contribution in [0.25, 0.3) is 0 Å². The molecule has 2 aromatic rings. The monoisotopic (exact) mass is 346 g/mol. The van der Waals surface area contributed by atoms with Crippen LogP contribution in [0.15, 0.2) is 28.9 Å². The molecule has 0 radical (unpaired) electrons. The summed E-state index contributed by atoms with van der Waals surface area (Å²) in [6, 6.07) is 6.06. The van der Waals surface area contributed by atoms with Gasteiger partial charge >= 0.3 is 0 Å². The van der Waals surface area contributed by atoms with Crippen LogP contribution in [-0.4, -0.2) is 30.4 Å². The van der Waals surface area contributed by atoms with Crippen molar-refractivity contribution in [3.8, 4) is 0 Å². The lowest BCUT2D eigenvalue weighted by Crippen LogP contribution is -2.37. The van der Waals surface area contributed by atoms with Gasteiger partial charge in [-0.2, -0.15) is 0 Å². The molecule has 0 bridgehead atoms. The van der Waals surface area contributed by atoms with Gasteiger partial charge in [0.25, 0.3) is 5.91 Å². The predicted octanol–water partition coefficient (Wildman–Crippen LogP) is 4.03. The van der Waals surface area contributed by atoms with Crippen molar-refractivity contribution in [1.82, 2.24) is 10.2 Å². The fourth-order valence-corrected chi connectivity index (χ4v) is 4.60. The van der Waals surface area contributed by atoms with E-state index in [4.69, 9.17) is 4.42 Å². The summed E-state index contributed by atoms with van der Waals surface area (Å²) in [6.45, 7) is 6.68. The number of amides is 1. The van der Waals surface area contributed by atoms with E-state index in [0.717, 1.165) is 36.6 Å². The third kappa shape index (κ3) is 3.73. The summed E-state index contributed by atoms with van der Waals surface area (Å²) < 4.78 is 5.59. The minimum Gasteiger partial charge on any atom is -0.468 e. The van der Waals surface area contributed by atoms with Crippen LogP contribution in [0.1, 0.15) is 58.6 Å². The van der Waals surface area contributed by atoms with Crippen LogP contribution in [0.3, 0.4) is 0 Å². The van der Waals surface area contributed by atoms with E-state index < -0.39 is 0 Å². The highest BCUT2D eigenvalue weighted by atomic mass is 32.1. The highest BCUT2D eigenvalue weighted by Crippen LogP contribution is 2.29. The van der Waals surface area contributed by atoms with Crippen molar-refractivity contribution in [2.24, 2.45) is 0 Å². The number of furan rings is 1. The van der Waals surface area contributed by atoms with E-state index in [1.165, 1.54) is 23.3 Å². The molecule has 4 nitrogen and oxygen atoms in total. The number of likely N-dealkylation sites (N-methyl/N-ethyl adjacent to an activating group) is 1. The van der Waals surface area contributed by atoms with E-state index in [1.807, 2.05) is 12.1 Å². The molecule has 1 unspecified atom stereocenters. The first-order valence-corrected chi connectivity index (χ1v) is 9.71. The molecule has 0 saturated carbocycles. The van der Waals surface area contributed by atoms with E-state index in [2.05, 4.69) is 30.1 Å². The largest absolute Gasteiger partial charge is 0.468 e. The van der Waals surface area contributed by atoms with Gasteiger partial charge in [0.15, 0.2) is 0 Å². The SMILES string of the molecule is CCN(CC)C(CNC(=O)c1cc2c(s1)CCCC2)c1ccco1. The zero-order chi connectivity index (χ0) is 16.9. The second-order valence-corrected chi connectivity index (χ2v) is 7.37. The topological polar surface area (TPSA) is 45.5 Å². The molecule has 0 fully saturated rings. The summed E-state index contributed by atoms with van der Waals surface area (Å²) >= 11 is 1.66. The maximum Gasteiger partial charge on any atom is 0.261 e. The average Bonchev–Trinajstić information content (AvgIpc) is 3.27. The van der Waals surface area contributed by atoms with Crippen LogP contribution in [0.4, 0.5) is 0 Å². The van der Waals surface area contributed by atoms with Crippen LogP contribution in [0.5, 0.6) is 0 Å². The van der Waals surface area contributed by atoms with Gasteiger partial charge in [-0.05, 0) is 62.5 Å². The second kappa shape index (κ2) is 7.99. The van der Waals surface area contributed by atoms with Gasteiger partial charge < -0.3 is 9.73 Å². The van der Waals surface area contributed by atoms with Crippen molar-refractivity contribution < 1.29 is 9.21 Å². The number of nitrogens with zero attached hydrogens (tertiary/aromatic N) is 1. The zero-order valence-electron chi connectivity index (χ0n) is 14.5. The van der Waals surface area contributed by atoms with Crippen molar-refractivity contribution in [3.05, 3.63) is 45.5 Å². The van der Waals surface area contributed by atoms with Gasteiger partial charge in [0.05, 0.1) is 17.2 Å². The van der Waals surface area contributed by atoms with Crippen molar-refractivity contribution in [3.63, 3.8) is 0 Å². The smallest absolute Gasteiger partial charge is 0.261 e. The molecule has 1 aliphatic carbocycles. The quantitative estimate of drug-likeness (QED) is 0.823. The Balaban J connectivity index is 1.67. The standard InChI is InChI=1S/C19H26N2O2S/c1-3-21(4-2)15(16-9-7-11-23-16)13-20-19(22)18-12-14-8-5-6-10-17(14)24-18/h7,9,11-12,15H,3-6,8,10,13H2,1-2H3,(H,20,22). The van der Waals surface area contributed by atoms with Gasteiger partial charge in [0.2, 0.25) is 0 Å². The molecule has 24 heavy (non-hydrogen) atoms. The van der Waals surface area contributed by atoms with E-state index in [-0.39, 0.29) is 11.9 Å². The van der Waals surface area contributed by atoms with Crippen LogP contribution >= 0.6 is 11.3 Å². The van der Waals surface area contributed by atoms with E-state index >= 15 is 0 Å². The molecule has 2 heterocycles. The summed E-state index contributed by atoms with van der Waals surface area (Å²) in [5.41, 5.74) is 1.38. The van der Waals surface area contributed by atoms with Gasteiger partial charge in [-0.3, -0.25) is 9.69 Å². The van der Waals surface area contributed by atoms with Crippen molar-refractivity contribution >= 4 is 17.2 Å². The normalized spacial score (nSPS) is 15.3. The lowest BCUT2D eigenvalue weighted by atomic mass is 9.99. The zero-order valence-corrected chi connectivity index (χ0v) is 15.3. The third-order valence-electron chi connectivity index (χ3n) is 4.80. The number of nitrogens with one attached hydrogen (secondary N) is 1. The molecule has 130 valence electrons. The molecule has 3 rings (SSSR count). The number of fused-ring (bicyclic) bond motifs is 1. The molecule has 5 heteroatoms. The fraction of sp³-hybridized carbons (Fsp3) is 0.526. The van der Waals surface area contributed by atoms with Crippen molar-refractivity contribution in [1.29, 1.82) is 0 Å². The Bertz CT molecular complexity index is 635. The van der Waals surface area contributed by atoms with Crippen molar-refractivity contribution in [2.75, 3.05) is 19.6 Å². The highest BCUT2D eigenvalue weighted by Gasteiger charge is 2.23. The number of carbonyl (C=O) groups excluding carboxylic acids is 1. The molecular weight excluding hydrogens is 320 g/mol. The minimum absolute atomic E-state index is 0.0399. The molecule has 0 spiro atoms. The van der Waals surface area contributed by atoms with Gasteiger partial charge in [-0.25, -0.2) is 0 Å². The molecule has 1 atom stereocenters. The molecular formula is C19H26N2O2S. The molecule has 2 aromatic heterocycles. The average molecular weight is 346 g/mol. The van der Waals surface area contributed by atoms with Gasteiger partial charge in [0.1, 0.15) is 5.76 Å². The number of hydrogen-bond donors (Lipinski definition) is 1. The highest BCUT2D eigenvalue weighted by molar-refractivity contribution is 7.14. The van der Waals surface area contributed by atoms with Crippen LogP contribution in [0.2, 0.25) is 0 Å². The fourth-order valence-electron chi connectivity index (χ4n) is 3.43. The van der Waals surface area contributed by atoms with Crippen molar-refractivity contribution in [2.45, 2.75) is 45.6 Å². The lowest BCUT2D eigenvalue weighted by Gasteiger charge is -2.28. The Labute approximate surface area is 147 Å². The van der Waals surface area contributed by atoms with Gasteiger partial charge in [-0.15, -0.1) is 11.3 Å². The van der Waals surface area contributed by atoms with Gasteiger partial charge in [-0.1, -0.05) is 13.8 Å². The first kappa shape index (κ1) is 17.2. The Morgan fingerprint density at radius 2 is 2.12 bits per heavy atom. The van der Waals surface area contributed by atoms with Gasteiger partial charge in [0, 0.05) is 11.4 Å². The Hall–Kier alpha value is -1.59. The van der Waals surface area contributed by atoms with E-state index in [9.17, 15) is 4.79 Å². The first-order chi connectivity index (χ1) is 11.7. The molecule has 1 amide bonds. The number of aryl methyl sites for hydroxylation is 2. The predicted molar refractivity (Wildman–Crippen MR) is 97.7 cm³/mol. The molecule has 1 aliphatic rings. The Morgan fingerprint density at radius 3 is 2.79 bits per heavy atom. The molecule has 0 saturated heterocycles. The summed E-state index contributed by atoms with van der Waals surface area (Å²) in [5, 5.41) is 3.12. The Morgan fingerprint density at radius 1 is 1.33 bits per heavy atom. The van der Waals surface area contributed by atoms with Crippen LogP contribution in [-0.2, 0) is 12.8 Å². The number of rotatable bonds is 7. The van der Waals surface area contributed by atoms with E-state index in [0.29, 0.717) is 6.54 Å². The molecule has 0 aliphatic heterocycles. The number of hydrogen-bond acceptors (Lipinski definition) is 4. The first-order valence-electron chi connectivity index (χ1n) is 8.90. The van der Waals surface area contributed by atoms with Crippen LogP contribution < -0.4 is 5.32 Å². The summed E-state index contributed by atoms with van der Waals surface area (Å²) in [5.74, 6) is 0.947. The minimum atomic E-state index is 0.0399. The number of thiophene rings is 1. The lowest BCUT2D eigenvalue weighted by molar-refractivity contribution is 0.0933. The van der Waals surface area contributed by atoms with E-state index in [1.54, 1.807) is 17.6 Å². The number of carbonyl (C=O) groups is 1. The summed E-state index contributed by atoms with van der Waals surface area (Å²) in [7, 11) is 0. The summed E-state index contributed by atoms with van der Waals surface area (Å²) in [6.07, 6.45) is 6.43. The molecule has 0 aromatic carbocycles. The second-order valence-electron chi connectivity index (χ2n) is 6.23. The summed E-state index contributed by atoms with van der Waals surface area (Å²) in [4.78, 5) is 17.1. The Kier molecular flexibility index (Phi) is 5.74. The maximum atomic E-state index is 12.6. The maximum absolute atomic E-state index is 12.6. The third-order valence-corrected chi connectivity index (χ3v) is 6.04.